The van der Waals surface area contributed by atoms with Gasteiger partial charge in [0, 0.05) is 13.8 Å². The summed E-state index contributed by atoms with van der Waals surface area (Å²) in [5.74, 6) is 0. The molecule has 0 aromatic carbocycles. The van der Waals surface area contributed by atoms with Crippen molar-refractivity contribution in [1.82, 2.24) is 0 Å². The molecule has 11 heteroatoms. The highest BCUT2D eigenvalue weighted by Crippen LogP contribution is 2.49. The minimum atomic E-state index is -3.73. The van der Waals surface area contributed by atoms with Crippen LogP contribution in [0.25, 0.3) is 0 Å². The Morgan fingerprint density at radius 1 is 0.842 bits per heavy atom. The average molecular weight is 322 g/mol. The predicted molar refractivity (Wildman–Crippen MR) is 66.1 cm³/mol. The van der Waals surface area contributed by atoms with Gasteiger partial charge in [-0.1, -0.05) is 0 Å². The molecule has 2 unspecified atom stereocenters. The summed E-state index contributed by atoms with van der Waals surface area (Å²) in [6.45, 7) is -0.0205. The van der Waals surface area contributed by atoms with Crippen molar-refractivity contribution in [2.45, 2.75) is 0 Å². The Labute approximate surface area is 111 Å². The van der Waals surface area contributed by atoms with E-state index in [1.54, 1.807) is 0 Å². The maximum atomic E-state index is 11.7. The van der Waals surface area contributed by atoms with E-state index in [0.29, 0.717) is 0 Å². The molecule has 0 radical (unpaired) electrons. The average Bonchev–Trinajstić information content (AvgIpc) is 2.39. The van der Waals surface area contributed by atoms with E-state index < -0.39 is 15.4 Å². The van der Waals surface area contributed by atoms with Crippen LogP contribution in [0.1, 0.15) is 0 Å². The largest absolute Gasteiger partial charge is 0.474 e. The molecule has 0 bridgehead atoms. The van der Waals surface area contributed by atoms with Crippen molar-refractivity contribution in [2.24, 2.45) is 0 Å². The highest BCUT2D eigenvalue weighted by Gasteiger charge is 2.25. The summed E-state index contributed by atoms with van der Waals surface area (Å²) < 4.78 is 47.0. The van der Waals surface area contributed by atoms with E-state index in [-0.39, 0.29) is 39.6 Å². The molecule has 0 spiro atoms. The van der Waals surface area contributed by atoms with Gasteiger partial charge in [0.15, 0.2) is 0 Å². The third kappa shape index (κ3) is 9.67. The van der Waals surface area contributed by atoms with Gasteiger partial charge < -0.3 is 19.3 Å². The van der Waals surface area contributed by atoms with Gasteiger partial charge in [-0.25, -0.2) is 4.57 Å². The fourth-order valence-electron chi connectivity index (χ4n) is 0.891. The Hall–Kier alpha value is 0.180. The van der Waals surface area contributed by atoms with Crippen LogP contribution >= 0.6 is 15.4 Å². The first-order valence-electron chi connectivity index (χ1n) is 5.42. The van der Waals surface area contributed by atoms with E-state index in [4.69, 9.17) is 28.3 Å². The number of phosphoric acid groups is 1. The molecule has 0 fully saturated rings. The number of rotatable bonds is 12. The lowest BCUT2D eigenvalue weighted by Crippen LogP contribution is -2.07. The van der Waals surface area contributed by atoms with E-state index in [1.807, 2.05) is 0 Å². The summed E-state index contributed by atoms with van der Waals surface area (Å²) in [6.07, 6.45) is 0. The monoisotopic (exact) mass is 322 g/mol. The summed E-state index contributed by atoms with van der Waals surface area (Å²) in [7, 11) is -5.87. The Morgan fingerprint density at radius 3 is 1.79 bits per heavy atom. The van der Waals surface area contributed by atoms with Crippen molar-refractivity contribution in [3.05, 3.63) is 0 Å². The van der Waals surface area contributed by atoms with Crippen molar-refractivity contribution in [1.29, 1.82) is 0 Å². The minimum absolute atomic E-state index is 0.106. The van der Waals surface area contributed by atoms with E-state index in [1.165, 1.54) is 6.66 Å². The molecule has 9 nitrogen and oxygen atoms in total. The minimum Gasteiger partial charge on any atom is -0.394 e. The molecule has 0 saturated heterocycles. The second-order valence-corrected chi connectivity index (χ2v) is 7.02. The molecule has 0 aromatic rings. The molecule has 0 saturated carbocycles. The molecule has 0 aromatic heterocycles. The molecular formula is C8H20O9P2. The Morgan fingerprint density at radius 2 is 1.26 bits per heavy atom. The van der Waals surface area contributed by atoms with Crippen LogP contribution in [-0.2, 0) is 31.7 Å². The van der Waals surface area contributed by atoms with Gasteiger partial charge in [0.2, 0.25) is 0 Å². The Balaban J connectivity index is 3.94. The summed E-state index contributed by atoms with van der Waals surface area (Å²) in [5.41, 5.74) is 0. The maximum Gasteiger partial charge on any atom is 0.474 e. The topological polar surface area (TPSA) is 121 Å². The van der Waals surface area contributed by atoms with E-state index in [0.717, 1.165) is 7.11 Å². The maximum absolute atomic E-state index is 11.7. The summed E-state index contributed by atoms with van der Waals surface area (Å²) in [4.78, 5) is 0. The van der Waals surface area contributed by atoms with Gasteiger partial charge in [0.05, 0.1) is 39.6 Å². The van der Waals surface area contributed by atoms with Gasteiger partial charge in [-0.05, 0) is 0 Å². The van der Waals surface area contributed by atoms with Crippen molar-refractivity contribution in [3.8, 4) is 0 Å². The van der Waals surface area contributed by atoms with Crippen molar-refractivity contribution in [3.63, 3.8) is 0 Å². The Kier molecular flexibility index (Phi) is 10.1. The first-order valence-corrected chi connectivity index (χ1v) is 8.87. The fourth-order valence-corrected chi connectivity index (χ4v) is 2.67. The van der Waals surface area contributed by atoms with Crippen LogP contribution in [0.5, 0.6) is 0 Å². The first-order chi connectivity index (χ1) is 8.89. The van der Waals surface area contributed by atoms with Gasteiger partial charge in [-0.15, -0.1) is 0 Å². The molecule has 116 valence electrons. The van der Waals surface area contributed by atoms with Crippen molar-refractivity contribution in [2.75, 3.05) is 53.4 Å². The quantitative estimate of drug-likeness (QED) is 0.393. The number of hydrogen-bond acceptors (Lipinski definition) is 9. The molecule has 0 heterocycles. The van der Waals surface area contributed by atoms with Crippen LogP contribution < -0.4 is 0 Å². The normalized spacial score (nSPS) is 17.9. The summed E-state index contributed by atoms with van der Waals surface area (Å²) in [5, 5.41) is 17.0. The van der Waals surface area contributed by atoms with Crippen LogP contribution in [0.15, 0.2) is 0 Å². The van der Waals surface area contributed by atoms with Crippen LogP contribution in [0, 0.1) is 0 Å². The second kappa shape index (κ2) is 9.99. The molecule has 0 amide bonds. The molecule has 2 N–H and O–H groups in total. The molecule has 19 heavy (non-hydrogen) atoms. The van der Waals surface area contributed by atoms with Crippen LogP contribution in [0.4, 0.5) is 0 Å². The SMILES string of the molecule is COP(=O)(OCCO)OCCOP(C)(=O)OCCO. The highest BCUT2D eigenvalue weighted by molar-refractivity contribution is 7.53. The summed E-state index contributed by atoms with van der Waals surface area (Å²) in [6, 6.07) is 0. The number of aliphatic hydroxyl groups excluding tert-OH is 2. The second-order valence-electron chi connectivity index (χ2n) is 3.18. The lowest BCUT2D eigenvalue weighted by molar-refractivity contribution is 0.0930. The molecule has 2 atom stereocenters. The highest BCUT2D eigenvalue weighted by atomic mass is 31.2. The zero-order valence-corrected chi connectivity index (χ0v) is 12.7. The van der Waals surface area contributed by atoms with E-state index in [2.05, 4.69) is 4.52 Å². The Bertz CT molecular complexity index is 321. The predicted octanol–water partition coefficient (Wildman–Crippen LogP) is 0.615. The molecule has 0 aliphatic rings. The van der Waals surface area contributed by atoms with Gasteiger partial charge >= 0.3 is 15.4 Å². The van der Waals surface area contributed by atoms with E-state index >= 15 is 0 Å². The smallest absolute Gasteiger partial charge is 0.394 e. The first kappa shape index (κ1) is 19.2. The third-order valence-electron chi connectivity index (χ3n) is 1.64. The fraction of sp³-hybridized carbons (Fsp3) is 1.00. The van der Waals surface area contributed by atoms with Crippen LogP contribution in [0.2, 0.25) is 0 Å². The standard InChI is InChI=1S/C8H20O9P2/c1-13-19(12,16-6-4-10)17-8-7-15-18(2,11)14-5-3-9/h9-10H,3-8H2,1-2H3. The number of aliphatic hydroxyl groups is 2. The van der Waals surface area contributed by atoms with Crippen molar-refractivity contribution < 1.29 is 42.0 Å². The molecule has 0 aliphatic carbocycles. The lowest BCUT2D eigenvalue weighted by atomic mass is 10.8. The van der Waals surface area contributed by atoms with Crippen molar-refractivity contribution >= 4 is 15.4 Å². The summed E-state index contributed by atoms with van der Waals surface area (Å²) >= 11 is 0. The zero-order chi connectivity index (χ0) is 14.8. The van der Waals surface area contributed by atoms with Crippen LogP contribution in [0.3, 0.4) is 0 Å². The third-order valence-corrected chi connectivity index (χ3v) is 4.39. The van der Waals surface area contributed by atoms with Crippen LogP contribution in [-0.4, -0.2) is 63.6 Å². The molecule has 0 rings (SSSR count). The van der Waals surface area contributed by atoms with Gasteiger partial charge in [-0.3, -0.25) is 18.1 Å². The lowest BCUT2D eigenvalue weighted by Gasteiger charge is -2.17. The number of hydrogen-bond donors (Lipinski definition) is 2. The molecular weight excluding hydrogens is 302 g/mol. The number of phosphoric ester groups is 1. The van der Waals surface area contributed by atoms with Gasteiger partial charge in [0.25, 0.3) is 0 Å². The zero-order valence-electron chi connectivity index (χ0n) is 10.9. The van der Waals surface area contributed by atoms with E-state index in [9.17, 15) is 9.13 Å². The van der Waals surface area contributed by atoms with Gasteiger partial charge in [0.1, 0.15) is 0 Å². The van der Waals surface area contributed by atoms with Gasteiger partial charge in [-0.2, -0.15) is 0 Å². The molecule has 0 aliphatic heterocycles.